The van der Waals surface area contributed by atoms with Crippen molar-refractivity contribution in [3.63, 3.8) is 0 Å². The number of carbonyl (C=O) groups excluding carboxylic acids is 1. The number of hydrogen-bond acceptors (Lipinski definition) is 5. The van der Waals surface area contributed by atoms with Crippen molar-refractivity contribution < 1.29 is 9.53 Å². The van der Waals surface area contributed by atoms with Crippen molar-refractivity contribution in [3.8, 4) is 0 Å². The molecule has 0 saturated heterocycles. The number of carbonyl (C=O) groups is 1. The molecule has 0 aliphatic carbocycles. The van der Waals surface area contributed by atoms with Crippen molar-refractivity contribution in [2.75, 3.05) is 19.0 Å². The van der Waals surface area contributed by atoms with Gasteiger partial charge in [0.15, 0.2) is 5.96 Å². The molecule has 26 heavy (non-hydrogen) atoms. The van der Waals surface area contributed by atoms with Gasteiger partial charge in [0.05, 0.1) is 20.2 Å². The van der Waals surface area contributed by atoms with E-state index in [1.807, 2.05) is 44.3 Å². The topological polar surface area (TPSA) is 87.6 Å². The van der Waals surface area contributed by atoms with E-state index in [1.54, 1.807) is 11.3 Å². The summed E-state index contributed by atoms with van der Waals surface area (Å²) >= 11 is 1.67. The van der Waals surface area contributed by atoms with Gasteiger partial charge in [-0.3, -0.25) is 5.32 Å². The third kappa shape index (κ3) is 7.56. The minimum absolute atomic E-state index is 0. The first-order chi connectivity index (χ1) is 12.1. The molecule has 3 N–H and O–H groups in total. The molecule has 0 atom stereocenters. The number of nitrogens with one attached hydrogen (secondary N) is 3. The first kappa shape index (κ1) is 22.2. The summed E-state index contributed by atoms with van der Waals surface area (Å²) in [4.78, 5) is 21.3. The van der Waals surface area contributed by atoms with Crippen LogP contribution in [-0.2, 0) is 17.8 Å². The summed E-state index contributed by atoms with van der Waals surface area (Å²) in [6.45, 7) is 6.03. The molecule has 0 bridgehead atoms. The standard InChI is InChI=1S/C17H23N5O2S.HI/c1-4-18-16(21-11-15-19-9-12(2)25-15)20-10-13-5-7-14(8-6-13)22-17(23)24-3;/h5-9H,4,10-11H2,1-3H3,(H,22,23)(H2,18,20,21);1H. The average Bonchev–Trinajstić information content (AvgIpc) is 3.04. The number of benzene rings is 1. The fraction of sp³-hybridized carbons (Fsp3) is 0.353. The number of methoxy groups -OCH3 is 1. The molecule has 7 nitrogen and oxygen atoms in total. The lowest BCUT2D eigenvalue weighted by Crippen LogP contribution is -2.36. The second-order valence-corrected chi connectivity index (χ2v) is 6.55. The van der Waals surface area contributed by atoms with Gasteiger partial charge in [-0.2, -0.15) is 0 Å². The van der Waals surface area contributed by atoms with E-state index in [1.165, 1.54) is 12.0 Å². The van der Waals surface area contributed by atoms with Gasteiger partial charge in [0, 0.05) is 23.3 Å². The highest BCUT2D eigenvalue weighted by atomic mass is 127. The Morgan fingerprint density at radius 2 is 2.00 bits per heavy atom. The normalized spacial score (nSPS) is 10.7. The molecule has 2 rings (SSSR count). The number of anilines is 1. The Kier molecular flexibility index (Phi) is 9.96. The van der Waals surface area contributed by atoms with Gasteiger partial charge in [-0.15, -0.1) is 35.3 Å². The van der Waals surface area contributed by atoms with Crippen LogP contribution in [0.25, 0.3) is 0 Å². The zero-order chi connectivity index (χ0) is 18.1. The maximum absolute atomic E-state index is 11.2. The van der Waals surface area contributed by atoms with E-state index < -0.39 is 6.09 Å². The van der Waals surface area contributed by atoms with Crippen molar-refractivity contribution in [1.82, 2.24) is 15.6 Å². The monoisotopic (exact) mass is 489 g/mol. The number of guanidine groups is 1. The predicted molar refractivity (Wildman–Crippen MR) is 116 cm³/mol. The molecule has 0 radical (unpaired) electrons. The van der Waals surface area contributed by atoms with Gasteiger partial charge in [0.25, 0.3) is 0 Å². The molecule has 2 aromatic rings. The number of aryl methyl sites for hydroxylation is 1. The lowest BCUT2D eigenvalue weighted by atomic mass is 10.2. The Bertz CT molecular complexity index is 718. The number of aliphatic imine (C=N–C) groups is 1. The second kappa shape index (κ2) is 11.7. The Morgan fingerprint density at radius 3 is 2.58 bits per heavy atom. The fourth-order valence-corrected chi connectivity index (χ4v) is 2.74. The van der Waals surface area contributed by atoms with Crippen LogP contribution < -0.4 is 16.0 Å². The van der Waals surface area contributed by atoms with E-state index in [2.05, 4.69) is 30.7 Å². The average molecular weight is 489 g/mol. The van der Waals surface area contributed by atoms with Crippen LogP contribution in [0.3, 0.4) is 0 Å². The number of thiazole rings is 1. The molecule has 0 fully saturated rings. The molecule has 142 valence electrons. The Labute approximate surface area is 174 Å². The second-order valence-electron chi connectivity index (χ2n) is 5.23. The molecule has 0 aliphatic rings. The molecule has 1 aromatic heterocycles. The first-order valence-electron chi connectivity index (χ1n) is 7.98. The quantitative estimate of drug-likeness (QED) is 0.329. The van der Waals surface area contributed by atoms with Crippen LogP contribution in [0.5, 0.6) is 0 Å². The number of rotatable bonds is 6. The number of amides is 1. The summed E-state index contributed by atoms with van der Waals surface area (Å²) in [5.41, 5.74) is 1.72. The van der Waals surface area contributed by atoms with E-state index in [-0.39, 0.29) is 24.0 Å². The molecule has 0 aliphatic heterocycles. The lowest BCUT2D eigenvalue weighted by Gasteiger charge is -2.10. The van der Waals surface area contributed by atoms with Crippen LogP contribution in [0.1, 0.15) is 22.4 Å². The van der Waals surface area contributed by atoms with E-state index in [0.29, 0.717) is 18.8 Å². The number of ether oxygens (including phenoxy) is 1. The van der Waals surface area contributed by atoms with Crippen molar-refractivity contribution in [2.24, 2.45) is 4.99 Å². The number of halogens is 1. The van der Waals surface area contributed by atoms with Gasteiger partial charge in [-0.05, 0) is 31.5 Å². The molecule has 9 heteroatoms. The van der Waals surface area contributed by atoms with Gasteiger partial charge >= 0.3 is 6.09 Å². The first-order valence-corrected chi connectivity index (χ1v) is 8.79. The van der Waals surface area contributed by atoms with E-state index in [4.69, 9.17) is 0 Å². The Morgan fingerprint density at radius 1 is 1.27 bits per heavy atom. The molecule has 1 heterocycles. The number of aromatic nitrogens is 1. The van der Waals surface area contributed by atoms with Crippen LogP contribution in [-0.4, -0.2) is 30.7 Å². The van der Waals surface area contributed by atoms with Gasteiger partial charge in [-0.1, -0.05) is 12.1 Å². The van der Waals surface area contributed by atoms with Crippen LogP contribution in [0.2, 0.25) is 0 Å². The van der Waals surface area contributed by atoms with Gasteiger partial charge in [0.2, 0.25) is 0 Å². The van der Waals surface area contributed by atoms with Gasteiger partial charge in [0.1, 0.15) is 5.01 Å². The molecular weight excluding hydrogens is 465 g/mol. The Hall–Kier alpha value is -1.88. The maximum Gasteiger partial charge on any atom is 0.411 e. The summed E-state index contributed by atoms with van der Waals surface area (Å²) < 4.78 is 4.56. The largest absolute Gasteiger partial charge is 0.453 e. The zero-order valence-electron chi connectivity index (χ0n) is 15.0. The third-order valence-electron chi connectivity index (χ3n) is 3.23. The maximum atomic E-state index is 11.2. The van der Waals surface area contributed by atoms with Crippen molar-refractivity contribution in [2.45, 2.75) is 26.9 Å². The van der Waals surface area contributed by atoms with Gasteiger partial charge < -0.3 is 15.4 Å². The third-order valence-corrected chi connectivity index (χ3v) is 4.14. The van der Waals surface area contributed by atoms with Crippen LogP contribution in [0.4, 0.5) is 10.5 Å². The summed E-state index contributed by atoms with van der Waals surface area (Å²) in [5.74, 6) is 0.743. The summed E-state index contributed by atoms with van der Waals surface area (Å²) in [7, 11) is 1.33. The van der Waals surface area contributed by atoms with E-state index in [0.717, 1.165) is 23.1 Å². The molecule has 0 saturated carbocycles. The minimum atomic E-state index is -0.484. The van der Waals surface area contributed by atoms with E-state index >= 15 is 0 Å². The fourth-order valence-electron chi connectivity index (χ4n) is 2.02. The highest BCUT2D eigenvalue weighted by Crippen LogP contribution is 2.11. The molecule has 1 amide bonds. The summed E-state index contributed by atoms with van der Waals surface area (Å²) in [6, 6.07) is 7.48. The highest BCUT2D eigenvalue weighted by molar-refractivity contribution is 14.0. The molecule has 1 aromatic carbocycles. The number of nitrogens with zero attached hydrogens (tertiary/aromatic N) is 2. The lowest BCUT2D eigenvalue weighted by molar-refractivity contribution is 0.187. The van der Waals surface area contributed by atoms with Crippen LogP contribution >= 0.6 is 35.3 Å². The van der Waals surface area contributed by atoms with Crippen molar-refractivity contribution >= 4 is 53.1 Å². The van der Waals surface area contributed by atoms with E-state index in [9.17, 15) is 4.79 Å². The number of hydrogen-bond donors (Lipinski definition) is 3. The van der Waals surface area contributed by atoms with Crippen molar-refractivity contribution in [1.29, 1.82) is 0 Å². The predicted octanol–water partition coefficient (Wildman–Crippen LogP) is 3.50. The van der Waals surface area contributed by atoms with Gasteiger partial charge in [-0.25, -0.2) is 14.8 Å². The minimum Gasteiger partial charge on any atom is -0.453 e. The summed E-state index contributed by atoms with van der Waals surface area (Å²) in [5, 5.41) is 10.1. The zero-order valence-corrected chi connectivity index (χ0v) is 18.2. The summed E-state index contributed by atoms with van der Waals surface area (Å²) in [6.07, 6.45) is 1.39. The van der Waals surface area contributed by atoms with Crippen molar-refractivity contribution in [3.05, 3.63) is 45.9 Å². The van der Waals surface area contributed by atoms with Crippen LogP contribution in [0, 0.1) is 6.92 Å². The SMILES string of the molecule is CCNC(=NCc1ccc(NC(=O)OC)cc1)NCc1ncc(C)s1.I. The molecular formula is C17H24IN5O2S. The molecule has 0 unspecified atom stereocenters. The highest BCUT2D eigenvalue weighted by Gasteiger charge is 2.03. The molecule has 0 spiro atoms. The smallest absolute Gasteiger partial charge is 0.411 e. The van der Waals surface area contributed by atoms with Crippen LogP contribution in [0.15, 0.2) is 35.5 Å². The Balaban J connectivity index is 0.00000338.